The van der Waals surface area contributed by atoms with Crippen LogP contribution in [0.25, 0.3) is 11.1 Å². The van der Waals surface area contributed by atoms with Gasteiger partial charge in [0, 0.05) is 29.6 Å². The molecule has 3 aliphatic carbocycles. The van der Waals surface area contributed by atoms with Gasteiger partial charge in [-0.2, -0.15) is 0 Å². The fourth-order valence-corrected chi connectivity index (χ4v) is 6.83. The van der Waals surface area contributed by atoms with Gasteiger partial charge in [-0.1, -0.05) is 18.2 Å². The van der Waals surface area contributed by atoms with Gasteiger partial charge in [0.2, 0.25) is 5.78 Å². The maximum Gasteiger partial charge on any atom is 0.319 e. The van der Waals surface area contributed by atoms with E-state index >= 15 is 0 Å². The number of aliphatic hydroxyl groups excluding tert-OH is 2. The Labute approximate surface area is 257 Å². The Morgan fingerprint density at radius 2 is 1.77 bits per heavy atom. The molecule has 0 radical (unpaired) electrons. The Kier molecular flexibility index (Phi) is 8.19. The second-order valence-corrected chi connectivity index (χ2v) is 11.8. The number of carbonyl (C=O) groups is 4. The third kappa shape index (κ3) is 4.88. The Morgan fingerprint density at radius 1 is 1.09 bits per heavy atom. The van der Waals surface area contributed by atoms with E-state index in [0.29, 0.717) is 41.2 Å². The number of alkyl halides is 1. The van der Waals surface area contributed by atoms with Crippen molar-refractivity contribution in [3.05, 3.63) is 70.2 Å². The Balaban J connectivity index is 1.55. The number of urea groups is 1. The number of hydrogen-bond donors (Lipinski definition) is 7. The highest BCUT2D eigenvalue weighted by Gasteiger charge is 2.63. The number of amides is 3. The van der Waals surface area contributed by atoms with Crippen molar-refractivity contribution in [3.8, 4) is 16.9 Å². The molecule has 12 nitrogen and oxygen atoms in total. The van der Waals surface area contributed by atoms with Gasteiger partial charge in [-0.25, -0.2) is 4.79 Å². The van der Waals surface area contributed by atoms with Gasteiger partial charge in [0.05, 0.1) is 11.6 Å². The topological polar surface area (TPSA) is 203 Å². The van der Waals surface area contributed by atoms with Crippen molar-refractivity contribution < 1.29 is 39.6 Å². The van der Waals surface area contributed by atoms with E-state index in [1.165, 1.54) is 11.0 Å². The number of likely N-dealkylation sites (N-methyl/N-ethyl adjacent to an activating group) is 1. The van der Waals surface area contributed by atoms with Crippen molar-refractivity contribution in [2.24, 2.45) is 17.6 Å². The number of fused-ring (bicyclic) bond motifs is 3. The van der Waals surface area contributed by atoms with Crippen LogP contribution in [0.15, 0.2) is 59.1 Å². The van der Waals surface area contributed by atoms with Crippen LogP contribution in [-0.4, -0.2) is 87.0 Å². The number of anilines is 1. The zero-order valence-corrected chi connectivity index (χ0v) is 24.8. The summed E-state index contributed by atoms with van der Waals surface area (Å²) in [5.74, 6) is -6.59. The first-order chi connectivity index (χ1) is 20.8. The number of nitrogens with one attached hydrogen (secondary N) is 2. The van der Waals surface area contributed by atoms with Crippen LogP contribution in [0.4, 0.5) is 10.5 Å². The summed E-state index contributed by atoms with van der Waals surface area (Å²) >= 11 is 5.64. The number of ketones is 2. The number of nitrogens with two attached hydrogens (primary N) is 1. The van der Waals surface area contributed by atoms with Crippen molar-refractivity contribution in [1.82, 2.24) is 10.2 Å². The second-order valence-electron chi connectivity index (χ2n) is 11.4. The highest BCUT2D eigenvalue weighted by Crippen LogP contribution is 2.53. The van der Waals surface area contributed by atoms with Crippen molar-refractivity contribution >= 4 is 40.8 Å². The van der Waals surface area contributed by atoms with Crippen LogP contribution in [0.3, 0.4) is 0 Å². The lowest BCUT2D eigenvalue weighted by Gasteiger charge is -2.50. The summed E-state index contributed by atoms with van der Waals surface area (Å²) in [4.78, 5) is 53.1. The lowest BCUT2D eigenvalue weighted by Crippen LogP contribution is -2.63. The zero-order valence-electron chi connectivity index (χ0n) is 24.1. The van der Waals surface area contributed by atoms with Crippen LogP contribution in [-0.2, 0) is 16.0 Å². The molecule has 0 aromatic heterocycles. The van der Waals surface area contributed by atoms with Crippen molar-refractivity contribution in [1.29, 1.82) is 0 Å². The molecular weight excluding hydrogens is 592 g/mol. The van der Waals surface area contributed by atoms with E-state index in [-0.39, 0.29) is 35.8 Å². The number of halogens is 1. The van der Waals surface area contributed by atoms with Gasteiger partial charge in [0.15, 0.2) is 11.4 Å². The molecule has 0 spiro atoms. The predicted molar refractivity (Wildman–Crippen MR) is 161 cm³/mol. The molecule has 2 aromatic carbocycles. The Hall–Kier alpha value is -4.39. The highest BCUT2D eigenvalue weighted by atomic mass is 35.5. The van der Waals surface area contributed by atoms with Crippen LogP contribution in [0.5, 0.6) is 5.75 Å². The average Bonchev–Trinajstić information content (AvgIpc) is 2.95. The molecule has 0 bridgehead atoms. The normalized spacial score (nSPS) is 24.5. The molecule has 5 rings (SSSR count). The van der Waals surface area contributed by atoms with Crippen LogP contribution in [0, 0.1) is 11.8 Å². The van der Waals surface area contributed by atoms with Gasteiger partial charge in [0.25, 0.3) is 5.91 Å². The lowest BCUT2D eigenvalue weighted by atomic mass is 9.58. The number of primary amides is 1. The summed E-state index contributed by atoms with van der Waals surface area (Å²) in [7, 11) is 3.15. The number of allylic oxidation sites excluding steroid dienone is 1. The SMILES string of the molecule is CN(C)[C@@H]1C(O)=C(C(N)=O)C(=O)[C@@]2(O)C(O)=C3C(=O)c4c(O)ccc(-c5ccc(NC(=O)NCCCCl)cc5)c4C[C@H]3C[C@@H]12. The van der Waals surface area contributed by atoms with Gasteiger partial charge in [0.1, 0.15) is 22.8 Å². The number of nitrogens with zero attached hydrogens (tertiary/aromatic N) is 1. The summed E-state index contributed by atoms with van der Waals surface area (Å²) < 4.78 is 0. The van der Waals surface area contributed by atoms with Crippen molar-refractivity contribution in [3.63, 3.8) is 0 Å². The number of Topliss-reactive ketones (excluding diaryl/α,β-unsaturated/α-hetero) is 2. The van der Waals surface area contributed by atoms with Gasteiger partial charge >= 0.3 is 6.03 Å². The van der Waals surface area contributed by atoms with Gasteiger partial charge < -0.3 is 36.8 Å². The smallest absolute Gasteiger partial charge is 0.319 e. The largest absolute Gasteiger partial charge is 0.510 e. The molecule has 0 unspecified atom stereocenters. The number of benzene rings is 2. The Morgan fingerprint density at radius 3 is 2.39 bits per heavy atom. The first-order valence-corrected chi connectivity index (χ1v) is 14.6. The lowest BCUT2D eigenvalue weighted by molar-refractivity contribution is -0.148. The van der Waals surface area contributed by atoms with E-state index in [9.17, 15) is 39.6 Å². The van der Waals surface area contributed by atoms with E-state index in [2.05, 4.69) is 10.6 Å². The molecule has 0 aliphatic heterocycles. The second kappa shape index (κ2) is 11.6. The number of aromatic hydroxyl groups is 1. The van der Waals surface area contributed by atoms with E-state index in [0.717, 1.165) is 0 Å². The van der Waals surface area contributed by atoms with Crippen molar-refractivity contribution in [2.75, 3.05) is 31.8 Å². The molecule has 2 aromatic rings. The number of phenolic OH excluding ortho intramolecular Hbond substituents is 1. The molecular formula is C31H33ClN4O8. The minimum Gasteiger partial charge on any atom is -0.510 e. The first-order valence-electron chi connectivity index (χ1n) is 14.0. The minimum absolute atomic E-state index is 0.0114. The molecule has 232 valence electrons. The monoisotopic (exact) mass is 624 g/mol. The molecule has 0 saturated heterocycles. The molecule has 0 fully saturated rings. The fraction of sp³-hybridized carbons (Fsp3) is 0.355. The molecule has 0 saturated carbocycles. The van der Waals surface area contributed by atoms with Crippen LogP contribution in [0.1, 0.15) is 28.8 Å². The van der Waals surface area contributed by atoms with E-state index in [1.54, 1.807) is 44.4 Å². The zero-order chi connectivity index (χ0) is 32.1. The summed E-state index contributed by atoms with van der Waals surface area (Å²) in [6.45, 7) is 0.429. The highest BCUT2D eigenvalue weighted by molar-refractivity contribution is 6.25. The number of aliphatic hydroxyl groups is 3. The van der Waals surface area contributed by atoms with Gasteiger partial charge in [-0.3, -0.25) is 19.3 Å². The van der Waals surface area contributed by atoms with E-state index in [4.69, 9.17) is 17.3 Å². The molecule has 8 N–H and O–H groups in total. The minimum atomic E-state index is -2.70. The molecule has 0 heterocycles. The molecule has 13 heteroatoms. The van der Waals surface area contributed by atoms with Crippen molar-refractivity contribution in [2.45, 2.75) is 30.9 Å². The first kappa shape index (κ1) is 31.0. The molecule has 3 amide bonds. The van der Waals surface area contributed by atoms with E-state index < -0.39 is 58.0 Å². The number of hydrogen-bond acceptors (Lipinski definition) is 9. The van der Waals surface area contributed by atoms with E-state index in [1.807, 2.05) is 0 Å². The van der Waals surface area contributed by atoms with Crippen LogP contribution in [0.2, 0.25) is 0 Å². The number of rotatable bonds is 7. The molecule has 3 aliphatic rings. The molecule has 44 heavy (non-hydrogen) atoms. The number of phenols is 1. The number of carbonyl (C=O) groups excluding carboxylic acids is 4. The van der Waals surface area contributed by atoms with Gasteiger partial charge in [-0.15, -0.1) is 11.6 Å². The summed E-state index contributed by atoms with van der Waals surface area (Å²) in [6, 6.07) is 8.45. The average molecular weight is 625 g/mol. The maximum atomic E-state index is 13.9. The summed E-state index contributed by atoms with van der Waals surface area (Å²) in [6.07, 6.45) is 0.774. The fourth-order valence-electron chi connectivity index (χ4n) is 6.70. The van der Waals surface area contributed by atoms with Gasteiger partial charge in [-0.05, 0) is 74.2 Å². The van der Waals surface area contributed by atoms with Crippen LogP contribution < -0.4 is 16.4 Å². The summed E-state index contributed by atoms with van der Waals surface area (Å²) in [5, 5.41) is 50.3. The third-order valence-corrected chi connectivity index (χ3v) is 8.92. The van der Waals surface area contributed by atoms with Crippen LogP contribution >= 0.6 is 11.6 Å². The molecule has 4 atom stereocenters. The third-order valence-electron chi connectivity index (χ3n) is 8.66. The quantitative estimate of drug-likeness (QED) is 0.137. The predicted octanol–water partition coefficient (Wildman–Crippen LogP) is 2.54. The summed E-state index contributed by atoms with van der Waals surface area (Å²) in [5.41, 5.74) is 3.88. The standard InChI is InChI=1S/C31H33ClN4O8/c1-36(2)24-19-13-15-12-18-17(14-4-6-16(7-5-14)35-30(43)34-11-3-10-32)8-9-20(37)22(18)25(38)21(15)27(40)31(19,44)28(41)23(26(24)39)29(33)42/h4-9,15,19,24,37,39-40,44H,3,10-13H2,1-2H3,(H2,33,42)(H2,34,35,43)/t15-,19-,24-,31-/m0/s1. The maximum absolute atomic E-state index is 13.9. The Bertz CT molecular complexity index is 1630.